The molecule has 2 heterocycles. The van der Waals surface area contributed by atoms with Crippen molar-refractivity contribution in [2.75, 3.05) is 24.3 Å². The zero-order chi connectivity index (χ0) is 11.5. The predicted molar refractivity (Wildman–Crippen MR) is 64.3 cm³/mol. The number of nitrogen functional groups attached to an aromatic ring is 1. The Bertz CT molecular complexity index is 375. The lowest BCUT2D eigenvalue weighted by molar-refractivity contribution is 0.0741. The second-order valence-corrected chi connectivity index (χ2v) is 4.93. The largest absolute Gasteiger partial charge is 0.382 e. The van der Waals surface area contributed by atoms with Gasteiger partial charge in [0.15, 0.2) is 5.69 Å². The third-order valence-corrected chi connectivity index (χ3v) is 3.82. The van der Waals surface area contributed by atoms with E-state index in [0.29, 0.717) is 17.6 Å². The Balaban J connectivity index is 2.08. The number of nitrogens with zero attached hydrogens (tertiary/aromatic N) is 3. The fourth-order valence-corrected chi connectivity index (χ4v) is 2.90. The topological polar surface area (TPSA) is 72.1 Å². The number of rotatable bonds is 2. The Morgan fingerprint density at radius 2 is 2.38 bits per heavy atom. The van der Waals surface area contributed by atoms with Gasteiger partial charge >= 0.3 is 0 Å². The summed E-state index contributed by atoms with van der Waals surface area (Å²) in [5.74, 6) is 2.37. The minimum atomic E-state index is -0.0833. The van der Waals surface area contributed by atoms with Crippen LogP contribution in [0.4, 0.5) is 5.82 Å². The summed E-state index contributed by atoms with van der Waals surface area (Å²) in [5.41, 5.74) is 5.78. The Morgan fingerprint density at radius 3 is 2.94 bits per heavy atom. The van der Waals surface area contributed by atoms with Gasteiger partial charge in [-0.15, -0.1) is 10.2 Å². The van der Waals surface area contributed by atoms with Crippen LogP contribution >= 0.6 is 11.8 Å². The minimum absolute atomic E-state index is 0.0833. The van der Waals surface area contributed by atoms with Gasteiger partial charge in [-0.2, -0.15) is 11.8 Å². The van der Waals surface area contributed by atoms with Crippen molar-refractivity contribution in [3.8, 4) is 0 Å². The Labute approximate surface area is 98.4 Å². The molecule has 16 heavy (non-hydrogen) atoms. The molecule has 86 valence electrons. The number of hydrogen-bond donors (Lipinski definition) is 1. The van der Waals surface area contributed by atoms with Gasteiger partial charge in [0.05, 0.1) is 0 Å². The molecule has 1 aliphatic rings. The predicted octanol–water partition coefficient (Wildman–Crippen LogP) is 0.636. The van der Waals surface area contributed by atoms with Crippen LogP contribution in [0, 0.1) is 0 Å². The lowest BCUT2D eigenvalue weighted by atomic mass is 10.2. The summed E-state index contributed by atoms with van der Waals surface area (Å²) >= 11 is 1.88. The number of thioether (sulfide) groups is 1. The molecule has 1 saturated heterocycles. The van der Waals surface area contributed by atoms with Crippen molar-refractivity contribution in [2.24, 2.45) is 0 Å². The summed E-state index contributed by atoms with van der Waals surface area (Å²) < 4.78 is 0. The monoisotopic (exact) mass is 238 g/mol. The molecule has 0 radical (unpaired) electrons. The Hall–Kier alpha value is -1.30. The van der Waals surface area contributed by atoms with Crippen molar-refractivity contribution in [1.29, 1.82) is 0 Å². The van der Waals surface area contributed by atoms with Gasteiger partial charge < -0.3 is 10.6 Å². The first-order valence-corrected chi connectivity index (χ1v) is 6.28. The minimum Gasteiger partial charge on any atom is -0.382 e. The van der Waals surface area contributed by atoms with Crippen molar-refractivity contribution < 1.29 is 4.79 Å². The van der Waals surface area contributed by atoms with E-state index in [2.05, 4.69) is 10.2 Å². The van der Waals surface area contributed by atoms with Crippen molar-refractivity contribution in [1.82, 2.24) is 15.1 Å². The Morgan fingerprint density at radius 1 is 1.56 bits per heavy atom. The fourth-order valence-electron chi connectivity index (χ4n) is 1.63. The lowest BCUT2D eigenvalue weighted by Crippen LogP contribution is -2.37. The molecule has 0 aromatic carbocycles. The van der Waals surface area contributed by atoms with Gasteiger partial charge in [-0.05, 0) is 24.3 Å². The average Bonchev–Trinajstić information content (AvgIpc) is 2.81. The maximum absolute atomic E-state index is 12.0. The molecule has 1 unspecified atom stereocenters. The molecule has 1 aromatic heterocycles. The van der Waals surface area contributed by atoms with Crippen LogP contribution in [-0.2, 0) is 0 Å². The SMILES string of the molecule is CN(C(=O)c1ccc(N)nn1)C1CCSC1. The molecule has 1 atom stereocenters. The van der Waals surface area contributed by atoms with Crippen LogP contribution in [0.15, 0.2) is 12.1 Å². The van der Waals surface area contributed by atoms with Crippen molar-refractivity contribution in [3.63, 3.8) is 0 Å². The van der Waals surface area contributed by atoms with Gasteiger partial charge in [0.1, 0.15) is 5.82 Å². The van der Waals surface area contributed by atoms with E-state index in [1.165, 1.54) is 0 Å². The molecule has 2 N–H and O–H groups in total. The van der Waals surface area contributed by atoms with Gasteiger partial charge in [-0.1, -0.05) is 0 Å². The van der Waals surface area contributed by atoms with Crippen LogP contribution in [-0.4, -0.2) is 45.6 Å². The van der Waals surface area contributed by atoms with Crippen molar-refractivity contribution in [3.05, 3.63) is 17.8 Å². The summed E-state index contributed by atoms with van der Waals surface area (Å²) in [4.78, 5) is 13.8. The number of amides is 1. The second kappa shape index (κ2) is 4.69. The zero-order valence-electron chi connectivity index (χ0n) is 9.09. The highest BCUT2D eigenvalue weighted by atomic mass is 32.2. The molecule has 2 rings (SSSR count). The van der Waals surface area contributed by atoms with Gasteiger partial charge in [-0.3, -0.25) is 4.79 Å². The summed E-state index contributed by atoms with van der Waals surface area (Å²) in [6.45, 7) is 0. The van der Waals surface area contributed by atoms with Crippen LogP contribution in [0.2, 0.25) is 0 Å². The van der Waals surface area contributed by atoms with Crippen molar-refractivity contribution >= 4 is 23.5 Å². The maximum Gasteiger partial charge on any atom is 0.274 e. The quantitative estimate of drug-likeness (QED) is 0.818. The van der Waals surface area contributed by atoms with E-state index >= 15 is 0 Å². The smallest absolute Gasteiger partial charge is 0.274 e. The summed E-state index contributed by atoms with van der Waals surface area (Å²) in [5, 5.41) is 7.48. The van der Waals surface area contributed by atoms with Crippen LogP contribution in [0.5, 0.6) is 0 Å². The van der Waals surface area contributed by atoms with Crippen molar-refractivity contribution in [2.45, 2.75) is 12.5 Å². The molecular weight excluding hydrogens is 224 g/mol. The van der Waals surface area contributed by atoms with E-state index in [9.17, 15) is 4.79 Å². The van der Waals surface area contributed by atoms with Gasteiger partial charge in [-0.25, -0.2) is 0 Å². The van der Waals surface area contributed by atoms with Gasteiger partial charge in [0.25, 0.3) is 5.91 Å². The number of nitrogens with two attached hydrogens (primary N) is 1. The average molecular weight is 238 g/mol. The third-order valence-electron chi connectivity index (χ3n) is 2.68. The number of anilines is 1. The summed E-state index contributed by atoms with van der Waals surface area (Å²) in [6, 6.07) is 3.53. The molecule has 6 heteroatoms. The highest BCUT2D eigenvalue weighted by molar-refractivity contribution is 7.99. The first-order chi connectivity index (χ1) is 7.68. The first kappa shape index (κ1) is 11.2. The lowest BCUT2D eigenvalue weighted by Gasteiger charge is -2.22. The van der Waals surface area contributed by atoms with Gasteiger partial charge in [0.2, 0.25) is 0 Å². The van der Waals surface area contributed by atoms with E-state index in [1.54, 1.807) is 17.0 Å². The van der Waals surface area contributed by atoms with Crippen LogP contribution < -0.4 is 5.73 Å². The highest BCUT2D eigenvalue weighted by Gasteiger charge is 2.25. The molecule has 5 nitrogen and oxygen atoms in total. The number of carbonyl (C=O) groups is 1. The molecular formula is C10H14N4OS. The molecule has 0 aliphatic carbocycles. The van der Waals surface area contributed by atoms with Crippen LogP contribution in [0.1, 0.15) is 16.9 Å². The summed E-state index contributed by atoms with van der Waals surface area (Å²) in [6.07, 6.45) is 1.05. The molecule has 1 aromatic rings. The molecule has 1 amide bonds. The first-order valence-electron chi connectivity index (χ1n) is 5.12. The van der Waals surface area contributed by atoms with Gasteiger partial charge in [0, 0.05) is 18.8 Å². The molecule has 0 saturated carbocycles. The third kappa shape index (κ3) is 2.27. The van der Waals surface area contributed by atoms with Crippen LogP contribution in [0.3, 0.4) is 0 Å². The normalized spacial score (nSPS) is 19.7. The second-order valence-electron chi connectivity index (χ2n) is 3.78. The maximum atomic E-state index is 12.0. The van der Waals surface area contributed by atoms with E-state index < -0.39 is 0 Å². The Kier molecular flexibility index (Phi) is 3.28. The van der Waals surface area contributed by atoms with E-state index in [4.69, 9.17) is 5.73 Å². The van der Waals surface area contributed by atoms with E-state index in [0.717, 1.165) is 17.9 Å². The highest BCUT2D eigenvalue weighted by Crippen LogP contribution is 2.22. The number of carbonyl (C=O) groups excluding carboxylic acids is 1. The van der Waals surface area contributed by atoms with Crippen LogP contribution in [0.25, 0.3) is 0 Å². The zero-order valence-corrected chi connectivity index (χ0v) is 9.91. The molecule has 0 bridgehead atoms. The van der Waals surface area contributed by atoms with E-state index in [-0.39, 0.29) is 5.91 Å². The summed E-state index contributed by atoms with van der Waals surface area (Å²) in [7, 11) is 1.82. The molecule has 0 spiro atoms. The molecule has 1 aliphatic heterocycles. The molecule has 1 fully saturated rings. The number of hydrogen-bond acceptors (Lipinski definition) is 5. The van der Waals surface area contributed by atoms with E-state index in [1.807, 2.05) is 18.8 Å². The number of aromatic nitrogens is 2. The standard InChI is InChI=1S/C10H14N4OS/c1-14(7-4-5-16-6-7)10(15)8-2-3-9(11)13-12-8/h2-3,7H,4-6H2,1H3,(H2,11,13). The fraction of sp³-hybridized carbons (Fsp3) is 0.500.